The second-order valence-electron chi connectivity index (χ2n) is 8.81. The third-order valence-corrected chi connectivity index (χ3v) is 9.97. The largest absolute Gasteiger partial charge is 1.00 e. The summed E-state index contributed by atoms with van der Waals surface area (Å²) in [6, 6.07) is 6.57. The molecule has 18 heteroatoms. The number of rotatable bonds is 7. The first-order valence-corrected chi connectivity index (χ1v) is 14.8. The van der Waals surface area contributed by atoms with Gasteiger partial charge in [-0.15, -0.1) is 0 Å². The third kappa shape index (κ3) is 9.04. The van der Waals surface area contributed by atoms with Crippen LogP contribution in [0.5, 0.6) is 23.0 Å². The van der Waals surface area contributed by atoms with Gasteiger partial charge in [0.2, 0.25) is 17.1 Å². The smallest absolute Gasteiger partial charge is 1.00 e. The first kappa shape index (κ1) is 41.0. The molecule has 0 saturated carbocycles. The summed E-state index contributed by atoms with van der Waals surface area (Å²) >= 11 is 0. The number of aryl methyl sites for hydroxylation is 1. The van der Waals surface area contributed by atoms with E-state index < -0.39 is 20.3 Å². The van der Waals surface area contributed by atoms with Crippen LogP contribution in [-0.2, 0) is 20.3 Å². The minimum absolute atomic E-state index is 0. The maximum atomic E-state index is 12.6. The molecular weight excluding hydrogens is 618 g/mol. The number of fused-ring (bicyclic) bond motifs is 3. The molecule has 1 aliphatic rings. The van der Waals surface area contributed by atoms with Crippen molar-refractivity contribution in [3.8, 4) is 34.1 Å². The molecule has 2 aromatic carbocycles. The van der Waals surface area contributed by atoms with E-state index >= 15 is 0 Å². The summed E-state index contributed by atoms with van der Waals surface area (Å²) in [6.07, 6.45) is 1.27. The summed E-state index contributed by atoms with van der Waals surface area (Å²) in [7, 11) is -4.25. The Bertz CT molecular complexity index is 1410. The van der Waals surface area contributed by atoms with Gasteiger partial charge in [-0.05, 0) is 54.7 Å². The van der Waals surface area contributed by atoms with Crippen LogP contribution in [0.2, 0.25) is 0 Å². The van der Waals surface area contributed by atoms with Crippen LogP contribution < -0.4 is 88.8 Å². The Morgan fingerprint density at radius 1 is 0.929 bits per heavy atom. The fraction of sp³-hybridized carbons (Fsp3) is 0.417. The van der Waals surface area contributed by atoms with Crippen LogP contribution >= 0.6 is 15.2 Å². The second kappa shape index (κ2) is 16.4. The van der Waals surface area contributed by atoms with Crippen molar-refractivity contribution in [1.29, 1.82) is 0 Å². The molecule has 1 amide bonds. The van der Waals surface area contributed by atoms with Crippen molar-refractivity contribution in [2.75, 3.05) is 28.4 Å². The Labute approximate surface area is 290 Å². The quantitative estimate of drug-likeness (QED) is 0.125. The Kier molecular flexibility index (Phi) is 16.0. The summed E-state index contributed by atoms with van der Waals surface area (Å²) < 4.78 is 42.5. The summed E-state index contributed by atoms with van der Waals surface area (Å²) in [5.74, 6) is 1.60. The molecule has 2 aromatic rings. The van der Waals surface area contributed by atoms with E-state index in [-0.39, 0.29) is 85.1 Å². The van der Waals surface area contributed by atoms with Gasteiger partial charge < -0.3 is 51.8 Å². The Hall–Kier alpha value is -0.960. The van der Waals surface area contributed by atoms with Crippen LogP contribution in [0, 0.1) is 0 Å². The van der Waals surface area contributed by atoms with Gasteiger partial charge in [0.1, 0.15) is 0 Å². The van der Waals surface area contributed by atoms with Crippen molar-refractivity contribution in [3.05, 3.63) is 45.6 Å². The maximum absolute atomic E-state index is 12.6. The number of carbonyl (C=O) groups is 1. The number of hydrogen-bond acceptors (Lipinski definition) is 9. The molecule has 42 heavy (non-hydrogen) atoms. The fourth-order valence-electron chi connectivity index (χ4n) is 4.03. The van der Waals surface area contributed by atoms with Crippen molar-refractivity contribution in [1.82, 2.24) is 5.32 Å². The van der Waals surface area contributed by atoms with Gasteiger partial charge in [-0.1, -0.05) is 6.07 Å². The van der Waals surface area contributed by atoms with Crippen LogP contribution in [0.3, 0.4) is 0 Å². The zero-order valence-electron chi connectivity index (χ0n) is 26.7. The van der Waals surface area contributed by atoms with Crippen molar-refractivity contribution in [3.63, 3.8) is 0 Å². The van der Waals surface area contributed by atoms with Gasteiger partial charge in [0.25, 0.3) is 5.08 Å². The topological polar surface area (TPSA) is 218 Å². The molecule has 0 unspecified atom stereocenters. The number of nitrogens with one attached hydrogen (secondary N) is 1. The van der Waals surface area contributed by atoms with Crippen LogP contribution in [-0.4, -0.2) is 64.1 Å². The van der Waals surface area contributed by atoms with Crippen molar-refractivity contribution >= 4 is 21.1 Å². The fourth-order valence-corrected chi connectivity index (χ4v) is 5.39. The molecule has 226 valence electrons. The monoisotopic (exact) mass is 653 g/mol. The second-order valence-corrected chi connectivity index (χ2v) is 13.1. The van der Waals surface area contributed by atoms with Crippen LogP contribution in [0.1, 0.15) is 40.3 Å². The van der Waals surface area contributed by atoms with E-state index in [0.29, 0.717) is 42.6 Å². The molecule has 14 nitrogen and oxygen atoms in total. The van der Waals surface area contributed by atoms with E-state index in [1.54, 1.807) is 27.4 Å². The van der Waals surface area contributed by atoms with Crippen LogP contribution in [0.15, 0.2) is 29.1 Å². The van der Waals surface area contributed by atoms with E-state index in [0.717, 1.165) is 16.7 Å². The molecule has 0 saturated heterocycles. The molecule has 0 bridgehead atoms. The van der Waals surface area contributed by atoms with Gasteiger partial charge in [-0.3, -0.25) is 18.7 Å². The van der Waals surface area contributed by atoms with Gasteiger partial charge in [-0.2, -0.15) is 0 Å². The van der Waals surface area contributed by atoms with Crippen molar-refractivity contribution in [2.45, 2.75) is 37.8 Å². The molecule has 0 aromatic heterocycles. The van der Waals surface area contributed by atoms with E-state index in [1.807, 2.05) is 12.1 Å². The molecule has 1 aliphatic carbocycles. The zero-order valence-corrected chi connectivity index (χ0v) is 30.5. The van der Waals surface area contributed by atoms with Crippen LogP contribution in [0.4, 0.5) is 0 Å². The standard InChI is InChI=1S/C22H25NO6.C2H8O7P2.2Na.2H/c1-12(24)23-16-8-6-13-10-19(27-3)21(28-4)22(29-5)20(13)14-7-9-18(26-2)17(25)11-15(14)16;1-2(3,10(4,5)6)11(7,8)9;;;;/h7,9-11,16H,6,8H2,1-5H3,(H,23,24);3H,1H3,(H2,4,5,6)(H2,7,8,9);;;;/q;;2*+1;2*-1/t16-;;;;;/m0...../s1. The first-order valence-electron chi connectivity index (χ1n) is 11.6. The normalized spacial score (nSPS) is 14.1. The molecule has 0 heterocycles. The van der Waals surface area contributed by atoms with Crippen LogP contribution in [0.25, 0.3) is 11.1 Å². The number of carbonyl (C=O) groups excluding carboxylic acids is 1. The molecule has 3 rings (SSSR count). The van der Waals surface area contributed by atoms with Gasteiger partial charge in [-0.25, -0.2) is 0 Å². The molecule has 6 N–H and O–H groups in total. The molecule has 0 aliphatic heterocycles. The summed E-state index contributed by atoms with van der Waals surface area (Å²) in [4.78, 5) is 57.5. The first-order chi connectivity index (χ1) is 18.4. The van der Waals surface area contributed by atoms with Gasteiger partial charge in [0, 0.05) is 12.5 Å². The maximum Gasteiger partial charge on any atom is 1.00 e. The number of aliphatic hydroxyl groups is 1. The number of ether oxygens (including phenoxy) is 4. The van der Waals surface area contributed by atoms with E-state index in [1.165, 1.54) is 20.1 Å². The molecule has 0 radical (unpaired) electrons. The zero-order chi connectivity index (χ0) is 30.6. The number of hydrogen-bond donors (Lipinski definition) is 6. The SMILES string of the molecule is CC(O)(P(=O)(O)O)P(=O)(O)O.COc1cc2c(c(OC)c1OC)-c1ccc(OC)c(=O)cc1[C@@H](NC(C)=O)CC2.[H-].[H-].[Na+].[Na+]. The van der Waals surface area contributed by atoms with Gasteiger partial charge in [0.15, 0.2) is 17.2 Å². The Balaban J connectivity index is -0.000000972. The molecule has 0 fully saturated rings. The van der Waals surface area contributed by atoms with Crippen molar-refractivity contribution in [2.24, 2.45) is 0 Å². The predicted octanol–water partition coefficient (Wildman–Crippen LogP) is -3.89. The average Bonchev–Trinajstić information content (AvgIpc) is 3.10. The van der Waals surface area contributed by atoms with E-state index in [2.05, 4.69) is 5.32 Å². The molecule has 1 atom stereocenters. The van der Waals surface area contributed by atoms with Crippen molar-refractivity contribution < 1.29 is 120 Å². The number of amides is 1. The van der Waals surface area contributed by atoms with E-state index in [4.69, 9.17) is 43.6 Å². The van der Waals surface area contributed by atoms with Gasteiger partial charge >= 0.3 is 74.3 Å². The molecular formula is C24H35NNa2O13P2. The predicted molar refractivity (Wildman–Crippen MR) is 146 cm³/mol. The minimum atomic E-state index is -5.20. The van der Waals surface area contributed by atoms with E-state index in [9.17, 15) is 18.7 Å². The molecule has 0 spiro atoms. The Morgan fingerprint density at radius 3 is 1.86 bits per heavy atom. The third-order valence-electron chi connectivity index (χ3n) is 6.20. The Morgan fingerprint density at radius 2 is 1.45 bits per heavy atom. The summed E-state index contributed by atoms with van der Waals surface area (Å²) in [5.41, 5.74) is 3.01. The summed E-state index contributed by atoms with van der Waals surface area (Å²) in [5, 5.41) is 8.33. The van der Waals surface area contributed by atoms with Gasteiger partial charge in [0.05, 0.1) is 34.5 Å². The minimum Gasteiger partial charge on any atom is -1.00 e. The average molecular weight is 653 g/mol. The number of benzene rings is 1. The summed E-state index contributed by atoms with van der Waals surface area (Å²) in [6.45, 7) is 1.85. The number of methoxy groups -OCH3 is 4.